The Labute approximate surface area is 338 Å². The summed E-state index contributed by atoms with van der Waals surface area (Å²) in [4.78, 5) is 0. The zero-order chi connectivity index (χ0) is 40.8. The average Bonchev–Trinajstić information content (AvgIpc) is 3.48. The Morgan fingerprint density at radius 1 is 0.362 bits per heavy atom. The van der Waals surface area contributed by atoms with Crippen molar-refractivity contribution in [1.82, 2.24) is 0 Å². The lowest BCUT2D eigenvalue weighted by molar-refractivity contribution is 0.415. The number of fused-ring (bicyclic) bond motifs is 6. The molecule has 0 radical (unpaired) electrons. The molecule has 6 aromatic carbocycles. The van der Waals surface area contributed by atoms with Crippen LogP contribution in [0.25, 0.3) is 55.0 Å². The van der Waals surface area contributed by atoms with Crippen molar-refractivity contribution in [3.05, 3.63) is 118 Å². The smallest absolute Gasteiger partial charge is 0.453 e. The average molecular weight is 819 g/mol. The molecule has 0 aliphatic heterocycles. The van der Waals surface area contributed by atoms with E-state index in [1.54, 1.807) is 28.4 Å². The van der Waals surface area contributed by atoms with Gasteiger partial charge in [0.2, 0.25) is 0 Å². The van der Waals surface area contributed by atoms with Gasteiger partial charge in [-0.15, -0.1) is 0 Å². The third kappa shape index (κ3) is 7.08. The molecule has 12 heteroatoms. The van der Waals surface area contributed by atoms with E-state index in [4.69, 9.17) is 44.8 Å². The molecule has 10 nitrogen and oxygen atoms in total. The lowest BCUT2D eigenvalue weighted by Gasteiger charge is -2.22. The molecule has 0 fully saturated rings. The Morgan fingerprint density at radius 3 is 0.897 bits per heavy atom. The van der Waals surface area contributed by atoms with E-state index in [9.17, 15) is 0 Å². The van der Waals surface area contributed by atoms with Gasteiger partial charge in [0.05, 0.1) is 28.4 Å². The number of hydrogen-bond acceptors (Lipinski definition) is 10. The van der Waals surface area contributed by atoms with Crippen LogP contribution in [0.1, 0.15) is 33.4 Å². The maximum absolute atomic E-state index is 6.97. The molecule has 2 heterocycles. The van der Waals surface area contributed by atoms with Crippen molar-refractivity contribution >= 4 is 60.4 Å². The summed E-state index contributed by atoms with van der Waals surface area (Å²) in [6.07, 6.45) is 0. The molecule has 0 atom stereocenters. The first-order valence-electron chi connectivity index (χ1n) is 18.6. The van der Waals surface area contributed by atoms with E-state index in [0.29, 0.717) is 56.8 Å². The number of aryl methyl sites for hydroxylation is 4. The van der Waals surface area contributed by atoms with E-state index in [0.717, 1.165) is 66.1 Å². The number of ether oxygens (including phenoxy) is 4. The second-order valence-electron chi connectivity index (χ2n) is 14.1. The van der Waals surface area contributed by atoms with Gasteiger partial charge in [-0.1, -0.05) is 12.1 Å². The molecule has 0 saturated carbocycles. The van der Waals surface area contributed by atoms with E-state index in [-0.39, 0.29) is 0 Å². The van der Waals surface area contributed by atoms with Gasteiger partial charge < -0.3 is 44.8 Å². The van der Waals surface area contributed by atoms with Crippen LogP contribution in [0.5, 0.6) is 34.5 Å². The van der Waals surface area contributed by atoms with Crippen molar-refractivity contribution in [2.24, 2.45) is 0 Å². The van der Waals surface area contributed by atoms with Crippen LogP contribution in [-0.4, -0.2) is 28.4 Å². The van der Waals surface area contributed by atoms with Gasteiger partial charge in [-0.05, 0) is 148 Å². The standard InChI is InChI=1S/C46H44O10P2/c1-25-19-27(3)45(55-57-51-39-15-11-31(47-7)21-35(39)36-22-32(48-8)12-16-40(36)52-57)43(29(25)5)44-30(6)26(2)20-28(4)46(44)56-58-53-41-17-13-33(49-9)23-37(41)38-24-34(50-10)14-18-42(38)54-58/h11-24H,1-10H3. The highest BCUT2D eigenvalue weighted by Gasteiger charge is 2.26. The summed E-state index contributed by atoms with van der Waals surface area (Å²) in [6, 6.07) is 26.9. The van der Waals surface area contributed by atoms with Crippen LogP contribution >= 0.6 is 16.5 Å². The minimum Gasteiger partial charge on any atom is -0.497 e. The molecule has 0 aliphatic rings. The number of hydrogen-bond donors (Lipinski definition) is 0. The van der Waals surface area contributed by atoms with Crippen LogP contribution in [0, 0.1) is 41.5 Å². The molecule has 0 spiro atoms. The monoisotopic (exact) mass is 818 g/mol. The van der Waals surface area contributed by atoms with Gasteiger partial charge >= 0.3 is 16.5 Å². The molecule has 8 rings (SSSR count). The number of benzene rings is 6. The highest BCUT2D eigenvalue weighted by molar-refractivity contribution is 7.32. The van der Waals surface area contributed by atoms with Gasteiger partial charge in [0.1, 0.15) is 56.8 Å². The Balaban J connectivity index is 1.36. The molecule has 298 valence electrons. The van der Waals surface area contributed by atoms with Crippen LogP contribution in [0.4, 0.5) is 0 Å². The van der Waals surface area contributed by atoms with Crippen LogP contribution in [0.2, 0.25) is 0 Å². The van der Waals surface area contributed by atoms with Crippen molar-refractivity contribution in [2.75, 3.05) is 28.4 Å². The second-order valence-corrected chi connectivity index (χ2v) is 16.1. The zero-order valence-corrected chi connectivity index (χ0v) is 35.8. The van der Waals surface area contributed by atoms with E-state index >= 15 is 0 Å². The maximum atomic E-state index is 6.97. The predicted octanol–water partition coefficient (Wildman–Crippen LogP) is 14.1. The topological polar surface area (TPSA) is 108 Å². The maximum Gasteiger partial charge on any atom is 0.453 e. The second kappa shape index (κ2) is 15.7. The van der Waals surface area contributed by atoms with Crippen LogP contribution in [0.15, 0.2) is 102 Å². The number of methoxy groups -OCH3 is 4. The summed E-state index contributed by atoms with van der Waals surface area (Å²) in [7, 11) is 2.48. The lowest BCUT2D eigenvalue weighted by Crippen LogP contribution is -2.01. The predicted molar refractivity (Wildman–Crippen MR) is 231 cm³/mol. The van der Waals surface area contributed by atoms with Gasteiger partial charge in [0, 0.05) is 32.7 Å². The fraction of sp³-hybridized carbons (Fsp3) is 0.217. The SMILES string of the molecule is COc1ccc2op(Oc3c(C)cc(C)c(C)c3-c3c(C)c(C)cc(C)c3Op3oc4ccc(OC)cc4c4cc(OC)ccc4o3)oc3ccc(OC)cc3c2c1. The highest BCUT2D eigenvalue weighted by Crippen LogP contribution is 2.51. The van der Waals surface area contributed by atoms with Gasteiger partial charge in [-0.25, -0.2) is 0 Å². The van der Waals surface area contributed by atoms with Crippen molar-refractivity contribution < 1.29 is 44.8 Å². The van der Waals surface area contributed by atoms with E-state index in [1.165, 1.54) is 0 Å². The summed E-state index contributed by atoms with van der Waals surface area (Å²) in [6.45, 7) is 12.5. The Bertz CT molecular complexity index is 2650. The van der Waals surface area contributed by atoms with Gasteiger partial charge in [0.25, 0.3) is 0 Å². The van der Waals surface area contributed by atoms with Crippen molar-refractivity contribution in [2.45, 2.75) is 41.5 Å². The molecule has 2 aromatic heterocycles. The fourth-order valence-corrected chi connectivity index (χ4v) is 9.52. The van der Waals surface area contributed by atoms with Crippen molar-refractivity contribution in [3.8, 4) is 45.6 Å². The Morgan fingerprint density at radius 2 is 0.638 bits per heavy atom. The molecule has 0 aliphatic carbocycles. The zero-order valence-electron chi connectivity index (χ0n) is 34.1. The van der Waals surface area contributed by atoms with Gasteiger partial charge in [-0.2, -0.15) is 0 Å². The molecule has 58 heavy (non-hydrogen) atoms. The molecule has 0 bridgehead atoms. The van der Waals surface area contributed by atoms with Gasteiger partial charge in [0.15, 0.2) is 0 Å². The third-order valence-electron chi connectivity index (χ3n) is 10.6. The Hall–Kier alpha value is -6.08. The molecular weight excluding hydrogens is 774 g/mol. The Kier molecular flexibility index (Phi) is 10.5. The summed E-state index contributed by atoms with van der Waals surface area (Å²) in [5, 5.41) is 3.19. The molecule has 0 N–H and O–H groups in total. The quantitative estimate of drug-likeness (QED) is 0.140. The van der Waals surface area contributed by atoms with Crippen LogP contribution in [-0.2, 0) is 0 Å². The molecule has 0 unspecified atom stereocenters. The molecular formula is C46H44O10P2. The first-order chi connectivity index (χ1) is 28.0. The number of rotatable bonds is 9. The van der Waals surface area contributed by atoms with Gasteiger partial charge in [-0.3, -0.25) is 0 Å². The summed E-state index contributed by atoms with van der Waals surface area (Å²) in [5.74, 6) is 3.96. The minimum atomic E-state index is -2.03. The summed E-state index contributed by atoms with van der Waals surface area (Å²) < 4.78 is 62.7. The fourth-order valence-electron chi connectivity index (χ4n) is 7.25. The molecule has 0 amide bonds. The van der Waals surface area contributed by atoms with Crippen LogP contribution < -0.4 is 28.0 Å². The van der Waals surface area contributed by atoms with E-state index in [2.05, 4.69) is 39.8 Å². The summed E-state index contributed by atoms with van der Waals surface area (Å²) >= 11 is 0. The van der Waals surface area contributed by atoms with E-state index in [1.807, 2.05) is 86.6 Å². The van der Waals surface area contributed by atoms with Crippen molar-refractivity contribution in [1.29, 1.82) is 0 Å². The van der Waals surface area contributed by atoms with E-state index < -0.39 is 16.5 Å². The largest absolute Gasteiger partial charge is 0.497 e. The molecule has 8 aromatic rings. The first-order valence-corrected chi connectivity index (χ1v) is 20.8. The first kappa shape index (κ1) is 38.8. The van der Waals surface area contributed by atoms with Crippen molar-refractivity contribution in [3.63, 3.8) is 0 Å². The minimum absolute atomic E-state index is 0.592. The van der Waals surface area contributed by atoms with Crippen LogP contribution in [0.3, 0.4) is 0 Å². The third-order valence-corrected chi connectivity index (χ3v) is 12.6. The lowest BCUT2D eigenvalue weighted by atomic mass is 9.87. The summed E-state index contributed by atoms with van der Waals surface area (Å²) in [5.41, 5.74) is 10.1. The highest BCUT2D eigenvalue weighted by atomic mass is 31.1. The normalized spacial score (nSPS) is 11.3. The molecule has 0 saturated heterocycles.